The molecular weight excluding hydrogens is 370 g/mol. The number of aliphatic hydroxyl groups is 2. The summed E-state index contributed by atoms with van der Waals surface area (Å²) in [5.41, 5.74) is 0.850. The Balaban J connectivity index is 1.94. The fraction of sp³-hybridized carbons (Fsp3) is 0.263. The van der Waals surface area contributed by atoms with Crippen LogP contribution >= 0.6 is 24.4 Å². The van der Waals surface area contributed by atoms with Crippen LogP contribution in [0.4, 0.5) is 0 Å². The fourth-order valence-electron chi connectivity index (χ4n) is 2.73. The van der Waals surface area contributed by atoms with Crippen molar-refractivity contribution in [3.8, 4) is 11.8 Å². The topological polar surface area (TPSA) is 90.6 Å². The summed E-state index contributed by atoms with van der Waals surface area (Å²) in [6, 6.07) is 15.2. The first-order valence-electron chi connectivity index (χ1n) is 7.98. The Morgan fingerprint density at radius 2 is 1.81 bits per heavy atom. The van der Waals surface area contributed by atoms with Crippen molar-refractivity contribution in [2.24, 2.45) is 0 Å². The molecule has 0 bridgehead atoms. The monoisotopic (exact) mass is 387 g/mol. The van der Waals surface area contributed by atoms with Gasteiger partial charge in [-0.15, -0.1) is 11.8 Å². The minimum atomic E-state index is -1.10. The van der Waals surface area contributed by atoms with Crippen molar-refractivity contribution < 1.29 is 19.7 Å². The number of hydrogen-bond acceptors (Lipinski definition) is 7. The van der Waals surface area contributed by atoms with Crippen LogP contribution in [0, 0.1) is 11.3 Å². The quantitative estimate of drug-likeness (QED) is 0.551. The Morgan fingerprint density at radius 1 is 1.15 bits per heavy atom. The summed E-state index contributed by atoms with van der Waals surface area (Å²) in [4.78, 5) is 12.9. The van der Waals surface area contributed by atoms with E-state index in [0.29, 0.717) is 5.75 Å². The Hall–Kier alpha value is -1.98. The van der Waals surface area contributed by atoms with Gasteiger partial charge < -0.3 is 14.9 Å². The van der Waals surface area contributed by atoms with Gasteiger partial charge in [-0.3, -0.25) is 4.79 Å². The van der Waals surface area contributed by atoms with Gasteiger partial charge in [-0.1, -0.05) is 24.3 Å². The molecule has 2 aromatic rings. The number of thioether (sulfide) groups is 1. The molecule has 4 atom stereocenters. The van der Waals surface area contributed by atoms with E-state index in [1.807, 2.05) is 6.07 Å². The van der Waals surface area contributed by atoms with Gasteiger partial charge in [0.1, 0.15) is 18.0 Å². The normalized spacial score (nSPS) is 25.3. The minimum Gasteiger partial charge on any atom is -0.485 e. The van der Waals surface area contributed by atoms with Crippen molar-refractivity contribution >= 4 is 30.2 Å². The average molecular weight is 387 g/mol. The van der Waals surface area contributed by atoms with E-state index in [4.69, 9.17) is 4.74 Å². The van der Waals surface area contributed by atoms with Crippen LogP contribution in [-0.2, 0) is 0 Å². The Labute approximate surface area is 161 Å². The van der Waals surface area contributed by atoms with Gasteiger partial charge in [0.25, 0.3) is 0 Å². The van der Waals surface area contributed by atoms with Gasteiger partial charge in [0, 0.05) is 11.3 Å². The lowest BCUT2D eigenvalue weighted by Crippen LogP contribution is -2.50. The molecule has 1 aliphatic heterocycles. The van der Waals surface area contributed by atoms with E-state index in [2.05, 4.69) is 12.6 Å². The highest BCUT2D eigenvalue weighted by atomic mass is 32.2. The standard InChI is InChI=1S/C19H17NO4S2/c20-9-11-5-1-2-6-12(11)16(22)13-7-3-4-8-15(13)24-18-17(23)14(21)10-26-19(18)25/h1-8,14,17-19,21,23,25H,10H2/t14-,17+,18-,19-/m1/s1. The van der Waals surface area contributed by atoms with Gasteiger partial charge in [-0.05, 0) is 24.3 Å². The number of carbonyl (C=O) groups excluding carboxylic acids is 1. The lowest BCUT2D eigenvalue weighted by Gasteiger charge is -2.36. The molecule has 0 saturated carbocycles. The number of nitrogens with zero attached hydrogens (tertiary/aromatic N) is 1. The molecule has 0 radical (unpaired) electrons. The molecule has 5 nitrogen and oxygen atoms in total. The number of aliphatic hydroxyl groups excluding tert-OH is 2. The highest BCUT2D eigenvalue weighted by molar-refractivity contribution is 8.10. The number of ketones is 1. The van der Waals surface area contributed by atoms with Crippen LogP contribution < -0.4 is 4.74 Å². The smallest absolute Gasteiger partial charge is 0.198 e. The zero-order valence-corrected chi connectivity index (χ0v) is 15.4. The first-order valence-corrected chi connectivity index (χ1v) is 9.54. The number of thiol groups is 1. The molecule has 0 unspecified atom stereocenters. The van der Waals surface area contributed by atoms with Crippen molar-refractivity contribution in [1.82, 2.24) is 0 Å². The number of nitriles is 1. The van der Waals surface area contributed by atoms with Crippen LogP contribution in [0.3, 0.4) is 0 Å². The summed E-state index contributed by atoms with van der Waals surface area (Å²) in [6.07, 6.45) is -2.80. The molecule has 0 amide bonds. The molecule has 2 N–H and O–H groups in total. The summed E-state index contributed by atoms with van der Waals surface area (Å²) in [5.74, 6) is 0.306. The molecule has 26 heavy (non-hydrogen) atoms. The molecule has 1 fully saturated rings. The van der Waals surface area contributed by atoms with Crippen molar-refractivity contribution in [2.45, 2.75) is 22.9 Å². The Bertz CT molecular complexity index is 851. The van der Waals surface area contributed by atoms with Crippen LogP contribution in [0.5, 0.6) is 5.75 Å². The third-order valence-electron chi connectivity index (χ3n) is 4.14. The first kappa shape index (κ1) is 18.8. The molecule has 1 saturated heterocycles. The molecule has 0 spiro atoms. The molecule has 1 heterocycles. The number of hydrogen-bond donors (Lipinski definition) is 3. The van der Waals surface area contributed by atoms with Crippen LogP contribution in [-0.4, -0.2) is 44.6 Å². The fourth-order valence-corrected chi connectivity index (χ4v) is 4.23. The minimum absolute atomic E-state index is 0.281. The Kier molecular flexibility index (Phi) is 5.89. The van der Waals surface area contributed by atoms with Gasteiger partial charge >= 0.3 is 0 Å². The van der Waals surface area contributed by atoms with E-state index in [1.165, 1.54) is 11.8 Å². The third-order valence-corrected chi connectivity index (χ3v) is 6.02. The number of ether oxygens (including phenoxy) is 1. The molecule has 0 aromatic heterocycles. The summed E-state index contributed by atoms with van der Waals surface area (Å²) in [6.45, 7) is 0. The van der Waals surface area contributed by atoms with Crippen molar-refractivity contribution in [1.29, 1.82) is 5.26 Å². The van der Waals surface area contributed by atoms with E-state index in [1.54, 1.807) is 48.5 Å². The average Bonchev–Trinajstić information content (AvgIpc) is 2.68. The molecule has 3 rings (SSSR count). The van der Waals surface area contributed by atoms with Crippen LogP contribution in [0.1, 0.15) is 21.5 Å². The van der Waals surface area contributed by atoms with E-state index < -0.39 is 18.3 Å². The molecule has 1 aliphatic rings. The maximum atomic E-state index is 12.9. The lowest BCUT2D eigenvalue weighted by molar-refractivity contribution is -0.0373. The van der Waals surface area contributed by atoms with Crippen molar-refractivity contribution in [3.05, 3.63) is 65.2 Å². The summed E-state index contributed by atoms with van der Waals surface area (Å²) in [5, 5.41) is 29.3. The zero-order chi connectivity index (χ0) is 18.7. The van der Waals surface area contributed by atoms with E-state index >= 15 is 0 Å². The number of rotatable bonds is 4. The maximum absolute atomic E-state index is 12.9. The predicted molar refractivity (Wildman–Crippen MR) is 103 cm³/mol. The van der Waals surface area contributed by atoms with Crippen LogP contribution in [0.25, 0.3) is 0 Å². The summed E-state index contributed by atoms with van der Waals surface area (Å²) < 4.78 is 5.54. The van der Waals surface area contributed by atoms with E-state index in [0.717, 1.165) is 0 Å². The van der Waals surface area contributed by atoms with Gasteiger partial charge in [0.2, 0.25) is 0 Å². The molecule has 2 aromatic carbocycles. The molecule has 7 heteroatoms. The van der Waals surface area contributed by atoms with Crippen molar-refractivity contribution in [2.75, 3.05) is 5.75 Å². The first-order chi connectivity index (χ1) is 12.5. The highest BCUT2D eigenvalue weighted by Gasteiger charge is 2.39. The number of benzene rings is 2. The molecule has 134 valence electrons. The Morgan fingerprint density at radius 3 is 2.54 bits per heavy atom. The van der Waals surface area contributed by atoms with E-state index in [-0.39, 0.29) is 32.8 Å². The second-order valence-corrected chi connectivity index (χ2v) is 7.93. The summed E-state index contributed by atoms with van der Waals surface area (Å²) >= 11 is 5.79. The van der Waals surface area contributed by atoms with E-state index in [9.17, 15) is 20.3 Å². The third kappa shape index (κ3) is 3.74. The number of carbonyl (C=O) groups is 1. The van der Waals surface area contributed by atoms with Gasteiger partial charge in [-0.2, -0.15) is 17.9 Å². The van der Waals surface area contributed by atoms with Crippen LogP contribution in [0.2, 0.25) is 0 Å². The van der Waals surface area contributed by atoms with Gasteiger partial charge in [0.05, 0.1) is 27.9 Å². The van der Waals surface area contributed by atoms with Crippen LogP contribution in [0.15, 0.2) is 48.5 Å². The van der Waals surface area contributed by atoms with Gasteiger partial charge in [0.15, 0.2) is 5.78 Å². The zero-order valence-electron chi connectivity index (χ0n) is 13.6. The SMILES string of the molecule is N#Cc1ccccc1C(=O)c1ccccc1O[C@@H]1[C@@H](O)[C@H](O)CS[C@H]1S. The second-order valence-electron chi connectivity index (χ2n) is 5.85. The second kappa shape index (κ2) is 8.14. The molecular formula is C19H17NO4S2. The van der Waals surface area contributed by atoms with Crippen molar-refractivity contribution in [3.63, 3.8) is 0 Å². The number of para-hydroxylation sites is 1. The maximum Gasteiger partial charge on any atom is 0.198 e. The highest BCUT2D eigenvalue weighted by Crippen LogP contribution is 2.33. The summed E-state index contributed by atoms with van der Waals surface area (Å²) in [7, 11) is 0. The largest absolute Gasteiger partial charge is 0.485 e. The lowest BCUT2D eigenvalue weighted by atomic mass is 9.98. The van der Waals surface area contributed by atoms with Gasteiger partial charge in [-0.25, -0.2) is 0 Å². The molecule has 0 aliphatic carbocycles. The predicted octanol–water partition coefficient (Wildman–Crippen LogP) is 2.26.